The third-order valence-electron chi connectivity index (χ3n) is 3.17. The van der Waals surface area contributed by atoms with Crippen LogP contribution in [0.3, 0.4) is 0 Å². The maximum atomic E-state index is 10.9. The van der Waals surface area contributed by atoms with E-state index >= 15 is 0 Å². The second-order valence-electron chi connectivity index (χ2n) is 5.63. The minimum Gasteiger partial charge on any atom is -0.396 e. The Morgan fingerprint density at radius 2 is 2.15 bits per heavy atom. The first kappa shape index (κ1) is 16.9. The van der Waals surface area contributed by atoms with Crippen LogP contribution in [0.5, 0.6) is 0 Å². The lowest BCUT2D eigenvalue weighted by molar-refractivity contribution is -0.385. The summed E-state index contributed by atoms with van der Waals surface area (Å²) in [5, 5.41) is 23.5. The molecule has 2 N–H and O–H groups in total. The average Bonchev–Trinajstić information content (AvgIpc) is 2.36. The van der Waals surface area contributed by atoms with Gasteiger partial charge in [-0.25, -0.2) is 0 Å². The van der Waals surface area contributed by atoms with Crippen molar-refractivity contribution in [3.63, 3.8) is 0 Å². The number of nitro groups is 1. The summed E-state index contributed by atoms with van der Waals surface area (Å²) in [5.74, 6) is 0. The van der Waals surface area contributed by atoms with Crippen molar-refractivity contribution in [2.75, 3.05) is 13.2 Å². The van der Waals surface area contributed by atoms with Crippen LogP contribution in [0.4, 0.5) is 5.69 Å². The third kappa shape index (κ3) is 5.45. The second kappa shape index (κ2) is 7.57. The number of nitrogens with zero attached hydrogens (tertiary/aromatic N) is 1. The smallest absolute Gasteiger partial charge is 0.273 e. The van der Waals surface area contributed by atoms with Gasteiger partial charge in [0, 0.05) is 36.3 Å². The summed E-state index contributed by atoms with van der Waals surface area (Å²) in [6.45, 7) is 5.50. The molecular weight excluding hydrogens is 280 g/mol. The normalized spacial score (nSPS) is 11.6. The highest BCUT2D eigenvalue weighted by molar-refractivity contribution is 6.30. The summed E-state index contributed by atoms with van der Waals surface area (Å²) in [5.41, 5.74) is 0.700. The van der Waals surface area contributed by atoms with Gasteiger partial charge in [0.1, 0.15) is 0 Å². The molecule has 0 bridgehead atoms. The van der Waals surface area contributed by atoms with Crippen LogP contribution in [-0.2, 0) is 6.54 Å². The van der Waals surface area contributed by atoms with Crippen LogP contribution in [0.1, 0.15) is 32.3 Å². The van der Waals surface area contributed by atoms with Crippen molar-refractivity contribution in [1.82, 2.24) is 5.32 Å². The van der Waals surface area contributed by atoms with E-state index in [1.807, 2.05) is 0 Å². The second-order valence-corrected chi connectivity index (χ2v) is 6.06. The Hall–Kier alpha value is -1.17. The van der Waals surface area contributed by atoms with Gasteiger partial charge in [-0.05, 0) is 30.4 Å². The molecule has 0 spiro atoms. The molecule has 6 heteroatoms. The lowest BCUT2D eigenvalue weighted by Crippen LogP contribution is -2.29. The highest BCUT2D eigenvalue weighted by Gasteiger charge is 2.18. The van der Waals surface area contributed by atoms with Crippen LogP contribution in [0.15, 0.2) is 18.2 Å². The molecule has 0 saturated heterocycles. The summed E-state index contributed by atoms with van der Waals surface area (Å²) >= 11 is 5.88. The van der Waals surface area contributed by atoms with Gasteiger partial charge < -0.3 is 10.4 Å². The first-order valence-corrected chi connectivity index (χ1v) is 6.98. The number of hydrogen-bond acceptors (Lipinski definition) is 4. The van der Waals surface area contributed by atoms with Crippen LogP contribution in [0, 0.1) is 15.5 Å². The number of aliphatic hydroxyl groups excluding tert-OH is 1. The lowest BCUT2D eigenvalue weighted by Gasteiger charge is -2.24. The Kier molecular flexibility index (Phi) is 6.39. The summed E-state index contributed by atoms with van der Waals surface area (Å²) in [7, 11) is 0. The number of halogens is 1. The fourth-order valence-corrected chi connectivity index (χ4v) is 2.25. The van der Waals surface area contributed by atoms with E-state index < -0.39 is 4.92 Å². The number of nitro benzene ring substituents is 1. The van der Waals surface area contributed by atoms with Crippen LogP contribution in [0.25, 0.3) is 0 Å². The SMILES string of the molecule is CC(C)(CCCO)CNCc1cc(Cl)ccc1[N+](=O)[O-]. The van der Waals surface area contributed by atoms with Gasteiger partial charge in [-0.1, -0.05) is 25.4 Å². The highest BCUT2D eigenvalue weighted by atomic mass is 35.5. The van der Waals surface area contributed by atoms with Crippen molar-refractivity contribution in [3.05, 3.63) is 38.9 Å². The predicted molar refractivity (Wildman–Crippen MR) is 79.9 cm³/mol. The predicted octanol–water partition coefficient (Wildman–Crippen LogP) is 3.14. The minimum absolute atomic E-state index is 0.0378. The Balaban J connectivity index is 2.61. The van der Waals surface area contributed by atoms with Crippen molar-refractivity contribution < 1.29 is 10.0 Å². The molecule has 0 fully saturated rings. The van der Waals surface area contributed by atoms with Crippen LogP contribution >= 0.6 is 11.6 Å². The van der Waals surface area contributed by atoms with E-state index in [1.54, 1.807) is 6.07 Å². The molecule has 0 heterocycles. The lowest BCUT2D eigenvalue weighted by atomic mass is 9.88. The molecule has 0 unspecified atom stereocenters. The van der Waals surface area contributed by atoms with Crippen molar-refractivity contribution in [2.24, 2.45) is 5.41 Å². The number of aliphatic hydroxyl groups is 1. The first-order chi connectivity index (χ1) is 9.35. The molecule has 0 aliphatic carbocycles. The van der Waals surface area contributed by atoms with Crippen molar-refractivity contribution in [1.29, 1.82) is 0 Å². The van der Waals surface area contributed by atoms with E-state index in [0.29, 0.717) is 17.1 Å². The largest absolute Gasteiger partial charge is 0.396 e. The molecule has 0 aromatic heterocycles. The molecular formula is C14H21ClN2O3. The van der Waals surface area contributed by atoms with E-state index in [1.165, 1.54) is 12.1 Å². The van der Waals surface area contributed by atoms with E-state index in [-0.39, 0.29) is 17.7 Å². The molecule has 112 valence electrons. The van der Waals surface area contributed by atoms with Crippen LogP contribution in [0.2, 0.25) is 5.02 Å². The molecule has 0 aliphatic heterocycles. The van der Waals surface area contributed by atoms with Gasteiger partial charge >= 0.3 is 0 Å². The number of rotatable bonds is 8. The topological polar surface area (TPSA) is 75.4 Å². The minimum atomic E-state index is -0.399. The molecule has 1 aromatic carbocycles. The summed E-state index contributed by atoms with van der Waals surface area (Å²) in [6, 6.07) is 4.57. The van der Waals surface area contributed by atoms with E-state index in [2.05, 4.69) is 19.2 Å². The molecule has 20 heavy (non-hydrogen) atoms. The third-order valence-corrected chi connectivity index (χ3v) is 3.40. The molecule has 0 atom stereocenters. The van der Waals surface area contributed by atoms with Crippen molar-refractivity contribution in [3.8, 4) is 0 Å². The Bertz CT molecular complexity index is 464. The maximum Gasteiger partial charge on any atom is 0.273 e. The number of hydrogen-bond donors (Lipinski definition) is 2. The quantitative estimate of drug-likeness (QED) is 0.571. The zero-order valence-electron chi connectivity index (χ0n) is 11.9. The van der Waals surface area contributed by atoms with Gasteiger partial charge in [0.2, 0.25) is 0 Å². The molecule has 0 amide bonds. The fourth-order valence-electron chi connectivity index (χ4n) is 2.06. The highest BCUT2D eigenvalue weighted by Crippen LogP contribution is 2.24. The van der Waals surface area contributed by atoms with Crippen molar-refractivity contribution in [2.45, 2.75) is 33.2 Å². The molecule has 0 aliphatic rings. The molecule has 1 aromatic rings. The summed E-state index contributed by atoms with van der Waals surface area (Å²) in [6.07, 6.45) is 1.65. The summed E-state index contributed by atoms with van der Waals surface area (Å²) < 4.78 is 0. The fraction of sp³-hybridized carbons (Fsp3) is 0.571. The van der Waals surface area contributed by atoms with Crippen LogP contribution in [-0.4, -0.2) is 23.2 Å². The molecule has 1 rings (SSSR count). The van der Waals surface area contributed by atoms with Crippen molar-refractivity contribution >= 4 is 17.3 Å². The number of nitrogens with one attached hydrogen (secondary N) is 1. The zero-order valence-corrected chi connectivity index (χ0v) is 12.6. The Morgan fingerprint density at radius 3 is 2.75 bits per heavy atom. The Morgan fingerprint density at radius 1 is 1.45 bits per heavy atom. The standard InChI is InChI=1S/C14H21ClN2O3/c1-14(2,6-3-7-18)10-16-9-11-8-12(15)4-5-13(11)17(19)20/h4-5,8,16,18H,3,6-7,9-10H2,1-2H3. The van der Waals surface area contributed by atoms with Gasteiger partial charge in [0.15, 0.2) is 0 Å². The molecule has 5 nitrogen and oxygen atoms in total. The van der Waals surface area contributed by atoms with E-state index in [9.17, 15) is 10.1 Å². The van der Waals surface area contributed by atoms with E-state index in [0.717, 1.165) is 19.4 Å². The Labute approximate surface area is 124 Å². The van der Waals surface area contributed by atoms with Gasteiger partial charge in [-0.15, -0.1) is 0 Å². The van der Waals surface area contributed by atoms with E-state index in [4.69, 9.17) is 16.7 Å². The monoisotopic (exact) mass is 300 g/mol. The zero-order chi connectivity index (χ0) is 15.2. The summed E-state index contributed by atoms with van der Waals surface area (Å²) in [4.78, 5) is 10.5. The molecule has 0 radical (unpaired) electrons. The first-order valence-electron chi connectivity index (χ1n) is 6.60. The molecule has 0 saturated carbocycles. The van der Waals surface area contributed by atoms with Gasteiger partial charge in [0.25, 0.3) is 5.69 Å². The van der Waals surface area contributed by atoms with Crippen LogP contribution < -0.4 is 5.32 Å². The van der Waals surface area contributed by atoms with Gasteiger partial charge in [0.05, 0.1) is 4.92 Å². The number of benzene rings is 1. The van der Waals surface area contributed by atoms with Gasteiger partial charge in [-0.2, -0.15) is 0 Å². The average molecular weight is 301 g/mol. The van der Waals surface area contributed by atoms with Gasteiger partial charge in [-0.3, -0.25) is 10.1 Å². The maximum absolute atomic E-state index is 10.9.